The summed E-state index contributed by atoms with van der Waals surface area (Å²) < 4.78 is 14.4. The van der Waals surface area contributed by atoms with E-state index < -0.39 is 5.82 Å². The minimum absolute atomic E-state index is 0.0665. The van der Waals surface area contributed by atoms with Crippen molar-refractivity contribution >= 4 is 23.3 Å². The Morgan fingerprint density at radius 1 is 0.931 bits per heavy atom. The van der Waals surface area contributed by atoms with E-state index in [9.17, 15) is 18.8 Å². The fourth-order valence-corrected chi connectivity index (χ4v) is 3.31. The smallest absolute Gasteiger partial charge is 0.253 e. The summed E-state index contributed by atoms with van der Waals surface area (Å²) in [5, 5.41) is 2.72. The van der Waals surface area contributed by atoms with Crippen LogP contribution < -0.4 is 10.2 Å². The molecule has 0 atom stereocenters. The summed E-state index contributed by atoms with van der Waals surface area (Å²) in [4.78, 5) is 38.7. The average Bonchev–Trinajstić information content (AvgIpc) is 2.72. The van der Waals surface area contributed by atoms with Crippen molar-refractivity contribution in [3.63, 3.8) is 0 Å². The Hall–Kier alpha value is -3.22. The first-order chi connectivity index (χ1) is 13.8. The number of Topliss-reactive ketones (excluding diaryl/α,β-unsaturated/α-hetero) is 1. The van der Waals surface area contributed by atoms with Gasteiger partial charge in [0.1, 0.15) is 5.82 Å². The van der Waals surface area contributed by atoms with Crippen LogP contribution in [0.15, 0.2) is 42.5 Å². The van der Waals surface area contributed by atoms with E-state index in [1.54, 1.807) is 29.2 Å². The maximum absolute atomic E-state index is 14.4. The predicted octanol–water partition coefficient (Wildman–Crippen LogP) is 2.63. The number of hydrogen-bond donors (Lipinski definition) is 1. The molecule has 2 amide bonds. The Bertz CT molecular complexity index is 919. The van der Waals surface area contributed by atoms with Crippen LogP contribution >= 0.6 is 0 Å². The molecule has 1 heterocycles. The first-order valence-corrected chi connectivity index (χ1v) is 9.53. The Kier molecular flexibility index (Phi) is 6.26. The Labute approximate surface area is 169 Å². The fraction of sp³-hybridized carbons (Fsp3) is 0.318. The van der Waals surface area contributed by atoms with Crippen molar-refractivity contribution in [2.75, 3.05) is 31.1 Å². The molecule has 152 valence electrons. The molecule has 0 spiro atoms. The third kappa shape index (κ3) is 4.99. The number of anilines is 1. The van der Waals surface area contributed by atoms with Gasteiger partial charge in [0.25, 0.3) is 5.91 Å². The van der Waals surface area contributed by atoms with Crippen LogP contribution in [0.3, 0.4) is 0 Å². The van der Waals surface area contributed by atoms with Gasteiger partial charge in [0.05, 0.1) is 5.69 Å². The quantitative estimate of drug-likeness (QED) is 0.788. The van der Waals surface area contributed by atoms with Gasteiger partial charge in [-0.25, -0.2) is 4.39 Å². The zero-order valence-corrected chi connectivity index (χ0v) is 16.6. The number of nitrogens with zero attached hydrogens (tertiary/aromatic N) is 2. The van der Waals surface area contributed by atoms with Gasteiger partial charge in [-0.2, -0.15) is 0 Å². The van der Waals surface area contributed by atoms with Crippen molar-refractivity contribution in [1.82, 2.24) is 10.2 Å². The maximum atomic E-state index is 14.4. The van der Waals surface area contributed by atoms with E-state index in [1.807, 2.05) is 17.0 Å². The normalized spacial score (nSPS) is 13.9. The Morgan fingerprint density at radius 3 is 2.10 bits per heavy atom. The molecule has 0 aromatic heterocycles. The number of hydrogen-bond acceptors (Lipinski definition) is 4. The topological polar surface area (TPSA) is 69.7 Å². The van der Waals surface area contributed by atoms with Crippen molar-refractivity contribution < 1.29 is 18.8 Å². The molecule has 1 saturated heterocycles. The van der Waals surface area contributed by atoms with Gasteiger partial charge in [-0.15, -0.1) is 0 Å². The molecule has 29 heavy (non-hydrogen) atoms. The summed E-state index contributed by atoms with van der Waals surface area (Å²) >= 11 is 0. The standard InChI is InChI=1S/C22H24FN3O3/c1-15(27)19-7-8-21(20(23)13-19)25-9-11-26(12-10-25)22(29)18-5-3-17(4-6-18)14-24-16(2)28/h3-8,13H,9-12,14H2,1-2H3,(H,24,28). The zero-order chi connectivity index (χ0) is 21.0. The molecule has 1 aliphatic rings. The highest BCUT2D eigenvalue weighted by Gasteiger charge is 2.24. The minimum atomic E-state index is -0.424. The zero-order valence-electron chi connectivity index (χ0n) is 16.6. The lowest BCUT2D eigenvalue weighted by molar-refractivity contribution is -0.119. The third-order valence-electron chi connectivity index (χ3n) is 5.00. The average molecular weight is 397 g/mol. The highest BCUT2D eigenvalue weighted by molar-refractivity contribution is 5.95. The summed E-state index contributed by atoms with van der Waals surface area (Å²) in [6, 6.07) is 11.7. The van der Waals surface area contributed by atoms with Crippen molar-refractivity contribution in [1.29, 1.82) is 0 Å². The number of carbonyl (C=O) groups is 3. The van der Waals surface area contributed by atoms with Crippen LogP contribution in [0.1, 0.15) is 40.1 Å². The lowest BCUT2D eigenvalue weighted by atomic mass is 10.1. The van der Waals surface area contributed by atoms with E-state index in [1.165, 1.54) is 19.9 Å². The van der Waals surface area contributed by atoms with Crippen molar-refractivity contribution in [3.05, 3.63) is 65.0 Å². The predicted molar refractivity (Wildman–Crippen MR) is 108 cm³/mol. The monoisotopic (exact) mass is 397 g/mol. The summed E-state index contributed by atoms with van der Waals surface area (Å²) in [6.07, 6.45) is 0. The molecule has 2 aromatic carbocycles. The lowest BCUT2D eigenvalue weighted by Crippen LogP contribution is -2.49. The van der Waals surface area contributed by atoms with Gasteiger partial charge in [-0.3, -0.25) is 14.4 Å². The second-order valence-electron chi connectivity index (χ2n) is 7.11. The number of rotatable bonds is 5. The number of ketones is 1. The fourth-order valence-electron chi connectivity index (χ4n) is 3.31. The largest absolute Gasteiger partial charge is 0.366 e. The molecule has 7 heteroatoms. The second kappa shape index (κ2) is 8.86. The molecule has 3 rings (SSSR count). The van der Waals surface area contributed by atoms with Crippen molar-refractivity contribution in [2.24, 2.45) is 0 Å². The van der Waals surface area contributed by atoms with E-state index in [4.69, 9.17) is 0 Å². The molecule has 2 aromatic rings. The summed E-state index contributed by atoms with van der Waals surface area (Å²) in [6.45, 7) is 5.30. The molecule has 0 saturated carbocycles. The molecular weight excluding hydrogens is 373 g/mol. The van der Waals surface area contributed by atoms with Gasteiger partial charge in [0.2, 0.25) is 5.91 Å². The molecule has 0 unspecified atom stereocenters. The van der Waals surface area contributed by atoms with Gasteiger partial charge in [-0.05, 0) is 42.8 Å². The van der Waals surface area contributed by atoms with Gasteiger partial charge >= 0.3 is 0 Å². The lowest BCUT2D eigenvalue weighted by Gasteiger charge is -2.36. The van der Waals surface area contributed by atoms with Crippen LogP contribution in [0.4, 0.5) is 10.1 Å². The van der Waals surface area contributed by atoms with Crippen LogP contribution in [0.5, 0.6) is 0 Å². The number of piperazine rings is 1. The van der Waals surface area contributed by atoms with Gasteiger partial charge < -0.3 is 15.1 Å². The number of halogens is 1. The van der Waals surface area contributed by atoms with Crippen LogP contribution in [-0.4, -0.2) is 48.7 Å². The highest BCUT2D eigenvalue weighted by atomic mass is 19.1. The first-order valence-electron chi connectivity index (χ1n) is 9.53. The number of nitrogens with one attached hydrogen (secondary N) is 1. The van der Waals surface area contributed by atoms with E-state index in [2.05, 4.69) is 5.32 Å². The summed E-state index contributed by atoms with van der Waals surface area (Å²) in [5.41, 5.74) is 2.31. The summed E-state index contributed by atoms with van der Waals surface area (Å²) in [7, 11) is 0. The minimum Gasteiger partial charge on any atom is -0.366 e. The molecule has 0 aliphatic carbocycles. The van der Waals surface area contributed by atoms with E-state index in [-0.39, 0.29) is 17.6 Å². The van der Waals surface area contributed by atoms with E-state index in [0.717, 1.165) is 5.56 Å². The molecule has 1 aliphatic heterocycles. The SMILES string of the molecule is CC(=O)NCc1ccc(C(=O)N2CCN(c3ccc(C(C)=O)cc3F)CC2)cc1. The number of amides is 2. The Morgan fingerprint density at radius 2 is 1.55 bits per heavy atom. The molecule has 1 N–H and O–H groups in total. The second-order valence-corrected chi connectivity index (χ2v) is 7.11. The number of benzene rings is 2. The molecule has 0 radical (unpaired) electrons. The first kappa shape index (κ1) is 20.5. The molecule has 6 nitrogen and oxygen atoms in total. The Balaban J connectivity index is 1.59. The van der Waals surface area contributed by atoms with Crippen molar-refractivity contribution in [2.45, 2.75) is 20.4 Å². The molecule has 0 bridgehead atoms. The van der Waals surface area contributed by atoms with Crippen LogP contribution in [0.2, 0.25) is 0 Å². The third-order valence-corrected chi connectivity index (χ3v) is 5.00. The molecular formula is C22H24FN3O3. The van der Waals surface area contributed by atoms with Crippen LogP contribution in [0.25, 0.3) is 0 Å². The van der Waals surface area contributed by atoms with Crippen LogP contribution in [-0.2, 0) is 11.3 Å². The van der Waals surface area contributed by atoms with Crippen molar-refractivity contribution in [3.8, 4) is 0 Å². The maximum Gasteiger partial charge on any atom is 0.253 e. The van der Waals surface area contributed by atoms with Gasteiger partial charge in [0.15, 0.2) is 5.78 Å². The van der Waals surface area contributed by atoms with E-state index >= 15 is 0 Å². The van der Waals surface area contributed by atoms with Crippen LogP contribution in [0, 0.1) is 5.82 Å². The van der Waals surface area contributed by atoms with Gasteiger partial charge in [0, 0.05) is 50.8 Å². The van der Waals surface area contributed by atoms with E-state index in [0.29, 0.717) is 49.5 Å². The number of carbonyl (C=O) groups excluding carboxylic acids is 3. The molecule has 1 fully saturated rings. The van der Waals surface area contributed by atoms with Gasteiger partial charge in [-0.1, -0.05) is 12.1 Å². The highest BCUT2D eigenvalue weighted by Crippen LogP contribution is 2.23. The summed E-state index contributed by atoms with van der Waals surface area (Å²) in [5.74, 6) is -0.764.